The number of aryl methyl sites for hydroxylation is 1. The Balaban J connectivity index is 2.30. The summed E-state index contributed by atoms with van der Waals surface area (Å²) in [5.74, 6) is 0. The van der Waals surface area contributed by atoms with E-state index in [-0.39, 0.29) is 0 Å². The minimum Gasteiger partial charge on any atom is -0.379 e. The summed E-state index contributed by atoms with van der Waals surface area (Å²) >= 11 is 0. The van der Waals surface area contributed by atoms with E-state index in [0.717, 1.165) is 18.7 Å². The van der Waals surface area contributed by atoms with Gasteiger partial charge in [-0.05, 0) is 19.4 Å². The Morgan fingerprint density at radius 1 is 1.24 bits per heavy atom. The Hall–Kier alpha value is -1.37. The third kappa shape index (κ3) is 2.33. The van der Waals surface area contributed by atoms with E-state index in [4.69, 9.17) is 4.74 Å². The highest BCUT2D eigenvalue weighted by molar-refractivity contribution is 5.32. The van der Waals surface area contributed by atoms with Crippen molar-refractivity contribution in [1.29, 1.82) is 5.26 Å². The van der Waals surface area contributed by atoms with Gasteiger partial charge in [0.1, 0.15) is 5.54 Å². The third-order valence-electron chi connectivity index (χ3n) is 3.47. The van der Waals surface area contributed by atoms with Crippen molar-refractivity contribution in [1.82, 2.24) is 4.90 Å². The third-order valence-corrected chi connectivity index (χ3v) is 3.47. The lowest BCUT2D eigenvalue weighted by Gasteiger charge is -2.38. The maximum Gasteiger partial charge on any atom is 0.132 e. The summed E-state index contributed by atoms with van der Waals surface area (Å²) in [4.78, 5) is 2.20. The first kappa shape index (κ1) is 12.1. The molecule has 90 valence electrons. The van der Waals surface area contributed by atoms with Crippen molar-refractivity contribution in [3.8, 4) is 6.07 Å². The minimum absolute atomic E-state index is 0.544. The van der Waals surface area contributed by atoms with Crippen LogP contribution in [-0.2, 0) is 10.3 Å². The average molecular weight is 230 g/mol. The fraction of sp³-hybridized carbons (Fsp3) is 0.500. The van der Waals surface area contributed by atoms with Gasteiger partial charge in [-0.1, -0.05) is 29.8 Å². The second-order valence-corrected chi connectivity index (χ2v) is 4.65. The van der Waals surface area contributed by atoms with Crippen LogP contribution in [0.4, 0.5) is 0 Å². The predicted molar refractivity (Wildman–Crippen MR) is 66.5 cm³/mol. The van der Waals surface area contributed by atoms with Crippen LogP contribution < -0.4 is 0 Å². The van der Waals surface area contributed by atoms with Crippen LogP contribution in [0.25, 0.3) is 0 Å². The lowest BCUT2D eigenvalue weighted by atomic mass is 9.90. The van der Waals surface area contributed by atoms with Gasteiger partial charge in [0.25, 0.3) is 0 Å². The Kier molecular flexibility index (Phi) is 3.46. The molecule has 3 nitrogen and oxygen atoms in total. The number of hydrogen-bond donors (Lipinski definition) is 0. The molecule has 1 aromatic rings. The van der Waals surface area contributed by atoms with Crippen LogP contribution in [0.3, 0.4) is 0 Å². The van der Waals surface area contributed by atoms with Crippen LogP contribution in [-0.4, -0.2) is 31.2 Å². The number of morpholine rings is 1. The second-order valence-electron chi connectivity index (χ2n) is 4.65. The highest BCUT2D eigenvalue weighted by atomic mass is 16.5. The number of benzene rings is 1. The molecule has 1 aliphatic heterocycles. The van der Waals surface area contributed by atoms with Gasteiger partial charge in [0.05, 0.1) is 19.3 Å². The van der Waals surface area contributed by atoms with Crippen LogP contribution in [0.1, 0.15) is 18.1 Å². The first-order valence-electron chi connectivity index (χ1n) is 5.98. The summed E-state index contributed by atoms with van der Waals surface area (Å²) in [6.07, 6.45) is 0. The van der Waals surface area contributed by atoms with E-state index >= 15 is 0 Å². The Morgan fingerprint density at radius 2 is 1.82 bits per heavy atom. The lowest BCUT2D eigenvalue weighted by Crippen LogP contribution is -2.48. The van der Waals surface area contributed by atoms with Gasteiger partial charge in [0.15, 0.2) is 0 Å². The zero-order valence-corrected chi connectivity index (χ0v) is 10.4. The molecule has 1 heterocycles. The van der Waals surface area contributed by atoms with Gasteiger partial charge in [-0.15, -0.1) is 0 Å². The standard InChI is InChI=1S/C14H18N2O/c1-12-3-5-13(6-4-12)14(2,11-15)16-7-9-17-10-8-16/h3-6H,7-10H2,1-2H3. The van der Waals surface area contributed by atoms with Crippen molar-refractivity contribution < 1.29 is 4.74 Å². The van der Waals surface area contributed by atoms with Crippen molar-refractivity contribution >= 4 is 0 Å². The topological polar surface area (TPSA) is 36.3 Å². The van der Waals surface area contributed by atoms with E-state index in [2.05, 4.69) is 30.0 Å². The van der Waals surface area contributed by atoms with Crippen LogP contribution in [0.15, 0.2) is 24.3 Å². The van der Waals surface area contributed by atoms with E-state index in [1.54, 1.807) is 0 Å². The molecule has 1 atom stereocenters. The maximum atomic E-state index is 9.53. The van der Waals surface area contributed by atoms with E-state index in [1.165, 1.54) is 5.56 Å². The zero-order valence-electron chi connectivity index (χ0n) is 10.4. The first-order chi connectivity index (χ1) is 8.16. The van der Waals surface area contributed by atoms with Crippen LogP contribution in [0.5, 0.6) is 0 Å². The molecule has 1 unspecified atom stereocenters. The molecule has 0 aromatic heterocycles. The van der Waals surface area contributed by atoms with Crippen molar-refractivity contribution in [3.05, 3.63) is 35.4 Å². The van der Waals surface area contributed by atoms with Gasteiger partial charge >= 0.3 is 0 Å². The largest absolute Gasteiger partial charge is 0.379 e. The molecule has 1 saturated heterocycles. The highest BCUT2D eigenvalue weighted by Gasteiger charge is 2.34. The van der Waals surface area contributed by atoms with Crippen molar-refractivity contribution in [2.24, 2.45) is 0 Å². The van der Waals surface area contributed by atoms with E-state index in [1.807, 2.05) is 19.1 Å². The highest BCUT2D eigenvalue weighted by Crippen LogP contribution is 2.28. The monoisotopic (exact) mass is 230 g/mol. The van der Waals surface area contributed by atoms with Crippen molar-refractivity contribution in [2.75, 3.05) is 26.3 Å². The van der Waals surface area contributed by atoms with E-state index in [9.17, 15) is 5.26 Å². The molecule has 0 spiro atoms. The number of rotatable bonds is 2. The number of nitrogens with zero attached hydrogens (tertiary/aromatic N) is 2. The summed E-state index contributed by atoms with van der Waals surface area (Å²) in [5.41, 5.74) is 1.74. The molecule has 17 heavy (non-hydrogen) atoms. The Labute approximate surface area is 103 Å². The molecule has 0 bridgehead atoms. The molecule has 3 heteroatoms. The SMILES string of the molecule is Cc1ccc(C(C)(C#N)N2CCOCC2)cc1. The number of ether oxygens (including phenoxy) is 1. The van der Waals surface area contributed by atoms with Gasteiger partial charge < -0.3 is 4.74 Å². The summed E-state index contributed by atoms with van der Waals surface area (Å²) in [5, 5.41) is 9.53. The predicted octanol–water partition coefficient (Wildman–Crippen LogP) is 2.07. The lowest BCUT2D eigenvalue weighted by molar-refractivity contribution is 0.000437. The minimum atomic E-state index is -0.544. The van der Waals surface area contributed by atoms with Gasteiger partial charge in [-0.25, -0.2) is 0 Å². The molecule has 1 aromatic carbocycles. The molecular weight excluding hydrogens is 212 g/mol. The average Bonchev–Trinajstić information content (AvgIpc) is 2.40. The fourth-order valence-corrected chi connectivity index (χ4v) is 2.21. The Morgan fingerprint density at radius 3 is 2.35 bits per heavy atom. The van der Waals surface area contributed by atoms with Crippen LogP contribution in [0.2, 0.25) is 0 Å². The molecule has 0 amide bonds. The summed E-state index contributed by atoms with van der Waals surface area (Å²) < 4.78 is 5.34. The first-order valence-corrected chi connectivity index (χ1v) is 5.98. The number of hydrogen-bond acceptors (Lipinski definition) is 3. The summed E-state index contributed by atoms with van der Waals surface area (Å²) in [6, 6.07) is 10.7. The molecule has 0 N–H and O–H groups in total. The maximum absolute atomic E-state index is 9.53. The van der Waals surface area contributed by atoms with Gasteiger partial charge in [0, 0.05) is 13.1 Å². The summed E-state index contributed by atoms with van der Waals surface area (Å²) in [7, 11) is 0. The van der Waals surface area contributed by atoms with Gasteiger partial charge in [0.2, 0.25) is 0 Å². The Bertz CT molecular complexity index is 415. The molecule has 0 aliphatic carbocycles. The molecule has 2 rings (SSSR count). The summed E-state index contributed by atoms with van der Waals surface area (Å²) in [6.45, 7) is 7.10. The normalized spacial score (nSPS) is 20.5. The quantitative estimate of drug-likeness (QED) is 0.780. The zero-order chi connectivity index (χ0) is 12.3. The van der Waals surface area contributed by atoms with Crippen LogP contribution in [0, 0.1) is 18.3 Å². The van der Waals surface area contributed by atoms with Gasteiger partial charge in [-0.2, -0.15) is 5.26 Å². The smallest absolute Gasteiger partial charge is 0.132 e. The van der Waals surface area contributed by atoms with Crippen molar-refractivity contribution in [2.45, 2.75) is 19.4 Å². The molecule has 0 saturated carbocycles. The van der Waals surface area contributed by atoms with E-state index < -0.39 is 5.54 Å². The molecule has 1 aliphatic rings. The molecule has 0 radical (unpaired) electrons. The van der Waals surface area contributed by atoms with Crippen LogP contribution >= 0.6 is 0 Å². The van der Waals surface area contributed by atoms with E-state index in [0.29, 0.717) is 13.2 Å². The second kappa shape index (κ2) is 4.87. The van der Waals surface area contributed by atoms with Crippen molar-refractivity contribution in [3.63, 3.8) is 0 Å². The molecule has 1 fully saturated rings. The molecular formula is C14H18N2O. The fourth-order valence-electron chi connectivity index (χ4n) is 2.21. The van der Waals surface area contributed by atoms with Gasteiger partial charge in [-0.3, -0.25) is 4.90 Å². The number of nitriles is 1.